The lowest BCUT2D eigenvalue weighted by Crippen LogP contribution is -2.41. The van der Waals surface area contributed by atoms with Gasteiger partial charge in [0, 0.05) is 24.6 Å². The fourth-order valence-corrected chi connectivity index (χ4v) is 7.10. The Morgan fingerprint density at radius 3 is 2.29 bits per heavy atom. The lowest BCUT2D eigenvalue weighted by Gasteiger charge is -2.26. The van der Waals surface area contributed by atoms with Gasteiger partial charge in [0.05, 0.1) is 30.1 Å². The summed E-state index contributed by atoms with van der Waals surface area (Å²) in [5.74, 6) is -0.213. The number of esters is 1. The molecule has 0 bridgehead atoms. The number of pyridine rings is 1. The summed E-state index contributed by atoms with van der Waals surface area (Å²) < 4.78 is 11.5. The first-order chi connectivity index (χ1) is 26.8. The lowest BCUT2D eigenvalue weighted by atomic mass is 9.85. The van der Waals surface area contributed by atoms with Crippen molar-refractivity contribution in [3.8, 4) is 22.6 Å². The SMILES string of the molecule is Nc1ncccc1OCCCCc1ccc2c(c1)C(=O)NCC(=O)N2c1ccc(C[C@@]2(C(=O)Oc3ccccc3)NC2(C=O)CC=O)cc1-c1ccccc1. The first kappa shape index (κ1) is 36.7. The van der Waals surface area contributed by atoms with Gasteiger partial charge in [0.1, 0.15) is 29.4 Å². The number of aryl methyl sites for hydroxylation is 1. The number of carbonyl (C=O) groups excluding carboxylic acids is 5. The van der Waals surface area contributed by atoms with Gasteiger partial charge in [0.2, 0.25) is 0 Å². The van der Waals surface area contributed by atoms with E-state index in [9.17, 15) is 24.0 Å². The van der Waals surface area contributed by atoms with E-state index in [0.29, 0.717) is 71.0 Å². The second-order valence-corrected chi connectivity index (χ2v) is 13.5. The summed E-state index contributed by atoms with van der Waals surface area (Å²) in [4.78, 5) is 70.9. The molecule has 3 heterocycles. The van der Waals surface area contributed by atoms with Gasteiger partial charge in [0.15, 0.2) is 11.6 Å². The molecule has 0 aliphatic carbocycles. The molecule has 0 spiro atoms. The van der Waals surface area contributed by atoms with Gasteiger partial charge in [-0.05, 0) is 84.5 Å². The molecule has 0 radical (unpaired) electrons. The van der Waals surface area contributed by atoms with Crippen LogP contribution in [0.3, 0.4) is 0 Å². The summed E-state index contributed by atoms with van der Waals surface area (Å²) in [7, 11) is 0. The molecule has 1 aromatic heterocycles. The Labute approximate surface area is 317 Å². The molecule has 2 aliphatic rings. The van der Waals surface area contributed by atoms with Crippen LogP contribution < -0.4 is 30.7 Å². The highest BCUT2D eigenvalue weighted by molar-refractivity contribution is 6.14. The second kappa shape index (κ2) is 15.7. The van der Waals surface area contributed by atoms with Crippen LogP contribution in [0.25, 0.3) is 11.1 Å². The Morgan fingerprint density at radius 2 is 1.56 bits per heavy atom. The Balaban J connectivity index is 1.19. The Hall–Kier alpha value is -6.66. The van der Waals surface area contributed by atoms with Crippen molar-refractivity contribution >= 4 is 47.5 Å². The van der Waals surface area contributed by atoms with E-state index in [2.05, 4.69) is 15.6 Å². The van der Waals surface area contributed by atoms with Crippen LogP contribution in [0.5, 0.6) is 11.5 Å². The van der Waals surface area contributed by atoms with Crippen LogP contribution >= 0.6 is 0 Å². The van der Waals surface area contributed by atoms with E-state index in [-0.39, 0.29) is 31.2 Å². The van der Waals surface area contributed by atoms with E-state index >= 15 is 0 Å². The molecule has 12 nitrogen and oxygen atoms in total. The molecule has 0 saturated carbocycles. The van der Waals surface area contributed by atoms with Crippen molar-refractivity contribution in [2.75, 3.05) is 23.8 Å². The average molecular weight is 738 g/mol. The topological polar surface area (TPSA) is 180 Å². The summed E-state index contributed by atoms with van der Waals surface area (Å²) in [5.41, 5.74) is 7.24. The first-order valence-electron chi connectivity index (χ1n) is 18.0. The van der Waals surface area contributed by atoms with Crippen LogP contribution in [0.4, 0.5) is 17.2 Å². The average Bonchev–Trinajstić information content (AvgIpc) is 3.88. The summed E-state index contributed by atoms with van der Waals surface area (Å²) in [6.45, 7) is 0.236. The number of ether oxygens (including phenoxy) is 2. The number of aromatic nitrogens is 1. The van der Waals surface area contributed by atoms with Gasteiger partial charge in [-0.25, -0.2) is 9.78 Å². The standard InChI is InChI=1S/C43H39N5O7/c44-39-37(15-9-21-45-39)54-23-8-7-10-29-16-18-36-34(24-29)40(52)46-27-38(51)48(36)35-19-17-30(25-33(35)31-11-3-1-4-12-31)26-43(42(28-50,47-43)20-22-49)41(53)55-32-13-5-2-6-14-32/h1-6,9,11-19,21-22,24-25,28,47H,7-8,10,20,23,26-27H2,(H2,44,45)(H,46,52)/t42?,43-/m0/s1. The number of para-hydroxylation sites is 1. The third-order valence-corrected chi connectivity index (χ3v) is 10.0. The Morgan fingerprint density at radius 1 is 0.855 bits per heavy atom. The van der Waals surface area contributed by atoms with Crippen molar-refractivity contribution in [2.24, 2.45) is 0 Å². The van der Waals surface area contributed by atoms with Crippen LogP contribution in [0.15, 0.2) is 115 Å². The number of unbranched alkanes of at least 4 members (excludes halogenated alkanes) is 1. The van der Waals surface area contributed by atoms with E-state index in [1.165, 1.54) is 0 Å². The van der Waals surface area contributed by atoms with E-state index in [1.54, 1.807) is 71.8 Å². The molecule has 55 heavy (non-hydrogen) atoms. The maximum atomic E-state index is 13.9. The number of nitrogen functional groups attached to an aromatic ring is 1. The van der Waals surface area contributed by atoms with Crippen LogP contribution in [-0.4, -0.2) is 59.6 Å². The number of amides is 2. The largest absolute Gasteiger partial charge is 0.490 e. The number of nitrogens with two attached hydrogens (primary N) is 1. The number of anilines is 3. The molecule has 278 valence electrons. The number of hydrogen-bond acceptors (Lipinski definition) is 10. The highest BCUT2D eigenvalue weighted by Gasteiger charge is 2.73. The van der Waals surface area contributed by atoms with Crippen molar-refractivity contribution in [3.05, 3.63) is 132 Å². The van der Waals surface area contributed by atoms with Crippen LogP contribution in [-0.2, 0) is 32.0 Å². The van der Waals surface area contributed by atoms with Gasteiger partial charge < -0.3 is 30.1 Å². The minimum Gasteiger partial charge on any atom is -0.490 e. The smallest absolute Gasteiger partial charge is 0.334 e. The number of aldehydes is 2. The molecule has 5 aromatic rings. The Kier molecular flexibility index (Phi) is 10.5. The van der Waals surface area contributed by atoms with E-state index in [4.69, 9.17) is 15.2 Å². The summed E-state index contributed by atoms with van der Waals surface area (Å²) in [6.07, 6.45) is 4.82. The maximum Gasteiger partial charge on any atom is 0.334 e. The van der Waals surface area contributed by atoms with E-state index < -0.39 is 17.0 Å². The van der Waals surface area contributed by atoms with Crippen molar-refractivity contribution in [1.29, 1.82) is 0 Å². The molecule has 7 rings (SSSR count). The summed E-state index contributed by atoms with van der Waals surface area (Å²) in [5, 5.41) is 5.78. The number of benzene rings is 4. The first-order valence-corrected chi connectivity index (χ1v) is 18.0. The quantitative estimate of drug-likeness (QED) is 0.0427. The lowest BCUT2D eigenvalue weighted by molar-refractivity contribution is -0.138. The van der Waals surface area contributed by atoms with Gasteiger partial charge in [-0.3, -0.25) is 19.8 Å². The number of fused-ring (bicyclic) bond motifs is 1. The van der Waals surface area contributed by atoms with Gasteiger partial charge in [-0.15, -0.1) is 0 Å². The molecular formula is C43H39N5O7. The minimum atomic E-state index is -1.52. The Bertz CT molecular complexity index is 2250. The van der Waals surface area contributed by atoms with Gasteiger partial charge in [0.25, 0.3) is 11.8 Å². The highest BCUT2D eigenvalue weighted by atomic mass is 16.5. The highest BCUT2D eigenvalue weighted by Crippen LogP contribution is 2.45. The number of nitrogens with one attached hydrogen (secondary N) is 2. The van der Waals surface area contributed by atoms with Gasteiger partial charge in [-0.1, -0.05) is 60.7 Å². The fourth-order valence-electron chi connectivity index (χ4n) is 7.10. The molecule has 4 N–H and O–H groups in total. The molecular weight excluding hydrogens is 699 g/mol. The van der Waals surface area contributed by atoms with E-state index in [0.717, 1.165) is 24.0 Å². The minimum absolute atomic E-state index is 0.0138. The normalized spacial score (nSPS) is 18.7. The van der Waals surface area contributed by atoms with E-state index in [1.807, 2.05) is 48.5 Å². The van der Waals surface area contributed by atoms with Crippen molar-refractivity contribution in [1.82, 2.24) is 15.6 Å². The number of hydrogen-bond donors (Lipinski definition) is 3. The van der Waals surface area contributed by atoms with Gasteiger partial charge in [-0.2, -0.15) is 0 Å². The number of nitrogens with zero attached hydrogens (tertiary/aromatic N) is 2. The van der Waals surface area contributed by atoms with Crippen molar-refractivity contribution in [3.63, 3.8) is 0 Å². The summed E-state index contributed by atoms with van der Waals surface area (Å²) >= 11 is 0. The fraction of sp³-hybridized carbons (Fsp3) is 0.209. The zero-order valence-corrected chi connectivity index (χ0v) is 29.9. The molecule has 12 heteroatoms. The zero-order chi connectivity index (χ0) is 38.4. The molecule has 4 aromatic carbocycles. The third kappa shape index (κ3) is 7.44. The van der Waals surface area contributed by atoms with Crippen molar-refractivity contribution in [2.45, 2.75) is 43.2 Å². The number of rotatable bonds is 15. The predicted molar refractivity (Wildman–Crippen MR) is 206 cm³/mol. The van der Waals surface area contributed by atoms with Crippen LogP contribution in [0.2, 0.25) is 0 Å². The van der Waals surface area contributed by atoms with Gasteiger partial charge >= 0.3 is 5.97 Å². The number of carbonyl (C=O) groups is 5. The predicted octanol–water partition coefficient (Wildman–Crippen LogP) is 5.16. The second-order valence-electron chi connectivity index (χ2n) is 13.5. The molecule has 1 fully saturated rings. The molecule has 1 saturated heterocycles. The maximum absolute atomic E-state index is 13.9. The summed E-state index contributed by atoms with van der Waals surface area (Å²) in [6, 6.07) is 32.4. The monoisotopic (exact) mass is 737 g/mol. The van der Waals surface area contributed by atoms with Crippen LogP contribution in [0, 0.1) is 0 Å². The third-order valence-electron chi connectivity index (χ3n) is 10.0. The molecule has 1 unspecified atom stereocenters. The van der Waals surface area contributed by atoms with Crippen molar-refractivity contribution < 1.29 is 33.4 Å². The van der Waals surface area contributed by atoms with Crippen LogP contribution in [0.1, 0.15) is 40.7 Å². The molecule has 2 aliphatic heterocycles. The zero-order valence-electron chi connectivity index (χ0n) is 29.9. The molecule has 2 atom stereocenters. The molecule has 2 amide bonds.